The first-order valence-electron chi connectivity index (χ1n) is 7.06. The lowest BCUT2D eigenvalue weighted by molar-refractivity contribution is -0.119. The van der Waals surface area contributed by atoms with Crippen LogP contribution < -0.4 is 5.32 Å². The van der Waals surface area contributed by atoms with Crippen molar-refractivity contribution in [1.29, 1.82) is 0 Å². The minimum absolute atomic E-state index is 0.0558. The zero-order valence-corrected chi connectivity index (χ0v) is 14.2. The molecule has 22 heavy (non-hydrogen) atoms. The fourth-order valence-corrected chi connectivity index (χ4v) is 3.67. The molecule has 1 aliphatic rings. The van der Waals surface area contributed by atoms with Gasteiger partial charge in [-0.15, -0.1) is 11.3 Å². The highest BCUT2D eigenvalue weighted by Crippen LogP contribution is 2.25. The van der Waals surface area contributed by atoms with Crippen molar-refractivity contribution in [2.75, 3.05) is 11.9 Å². The van der Waals surface area contributed by atoms with Gasteiger partial charge in [0.15, 0.2) is 0 Å². The first-order valence-corrected chi connectivity index (χ1v) is 8.74. The van der Waals surface area contributed by atoms with Crippen LogP contribution in [0, 0.1) is 0 Å². The molecule has 6 heteroatoms. The van der Waals surface area contributed by atoms with E-state index >= 15 is 0 Å². The number of hydrogen-bond donors (Lipinski definition) is 1. The number of nitrogens with one attached hydrogen (secondary N) is 1. The normalized spacial score (nSPS) is 17.5. The molecule has 0 radical (unpaired) electrons. The molecule has 0 spiro atoms. The Labute approximate surface area is 141 Å². The van der Waals surface area contributed by atoms with E-state index in [0.717, 1.165) is 16.6 Å². The molecule has 1 aromatic carbocycles. The minimum Gasteiger partial charge on any atom is -0.326 e. The number of halogens is 1. The summed E-state index contributed by atoms with van der Waals surface area (Å²) in [7, 11) is 0. The maximum atomic E-state index is 12.5. The van der Waals surface area contributed by atoms with Crippen molar-refractivity contribution in [3.8, 4) is 0 Å². The van der Waals surface area contributed by atoms with Crippen molar-refractivity contribution in [3.05, 3.63) is 51.1 Å². The van der Waals surface area contributed by atoms with E-state index in [4.69, 9.17) is 0 Å². The summed E-state index contributed by atoms with van der Waals surface area (Å²) in [6.45, 7) is 0.630. The van der Waals surface area contributed by atoms with Gasteiger partial charge in [-0.1, -0.05) is 18.2 Å². The van der Waals surface area contributed by atoms with Crippen molar-refractivity contribution >= 4 is 44.8 Å². The SMILES string of the molecule is O=C(Nc1ccccc1Br)C1CCCN1C(=O)c1cccs1. The van der Waals surface area contributed by atoms with Crippen LogP contribution in [0.3, 0.4) is 0 Å². The quantitative estimate of drug-likeness (QED) is 0.883. The highest BCUT2D eigenvalue weighted by molar-refractivity contribution is 9.10. The van der Waals surface area contributed by atoms with Crippen LogP contribution in [0.5, 0.6) is 0 Å². The fourth-order valence-electron chi connectivity index (χ4n) is 2.60. The molecule has 3 rings (SSSR count). The first-order chi connectivity index (χ1) is 10.7. The molecule has 4 nitrogen and oxygen atoms in total. The van der Waals surface area contributed by atoms with Crippen molar-refractivity contribution in [2.24, 2.45) is 0 Å². The molecule has 2 amide bonds. The lowest BCUT2D eigenvalue weighted by atomic mass is 10.2. The number of rotatable bonds is 3. The molecule has 1 atom stereocenters. The van der Waals surface area contributed by atoms with Gasteiger partial charge in [-0.2, -0.15) is 0 Å². The van der Waals surface area contributed by atoms with Crippen molar-refractivity contribution in [3.63, 3.8) is 0 Å². The summed E-state index contributed by atoms with van der Waals surface area (Å²) in [6.07, 6.45) is 1.55. The minimum atomic E-state index is -0.401. The molecule has 1 N–H and O–H groups in total. The largest absolute Gasteiger partial charge is 0.326 e. The summed E-state index contributed by atoms with van der Waals surface area (Å²) < 4.78 is 0.831. The predicted octanol–water partition coefficient (Wildman–Crippen LogP) is 3.75. The Bertz CT molecular complexity index is 687. The number of para-hydroxylation sites is 1. The van der Waals surface area contributed by atoms with Crippen LogP contribution in [0.25, 0.3) is 0 Å². The topological polar surface area (TPSA) is 49.4 Å². The molecule has 0 bridgehead atoms. The number of hydrogen-bond acceptors (Lipinski definition) is 3. The maximum Gasteiger partial charge on any atom is 0.264 e. The molecule has 1 saturated heterocycles. The monoisotopic (exact) mass is 378 g/mol. The van der Waals surface area contributed by atoms with Gasteiger partial charge in [0.05, 0.1) is 10.6 Å². The second-order valence-electron chi connectivity index (χ2n) is 5.10. The average molecular weight is 379 g/mol. The Kier molecular flexibility index (Phi) is 4.59. The van der Waals surface area contributed by atoms with Gasteiger partial charge in [-0.05, 0) is 52.4 Å². The Morgan fingerprint density at radius 2 is 2.05 bits per heavy atom. The van der Waals surface area contributed by atoms with Crippen molar-refractivity contribution < 1.29 is 9.59 Å². The van der Waals surface area contributed by atoms with Crippen molar-refractivity contribution in [1.82, 2.24) is 4.90 Å². The number of benzene rings is 1. The van der Waals surface area contributed by atoms with Crippen LogP contribution in [0.2, 0.25) is 0 Å². The number of carbonyl (C=O) groups is 2. The summed E-state index contributed by atoms with van der Waals surface area (Å²) in [5.41, 5.74) is 0.725. The molecular formula is C16H15BrN2O2S. The lowest BCUT2D eigenvalue weighted by Gasteiger charge is -2.23. The van der Waals surface area contributed by atoms with E-state index in [2.05, 4.69) is 21.2 Å². The second-order valence-corrected chi connectivity index (χ2v) is 6.91. The van der Waals surface area contributed by atoms with E-state index in [1.54, 1.807) is 11.0 Å². The molecule has 1 unspecified atom stereocenters. The molecule has 1 fully saturated rings. The molecule has 0 aliphatic carbocycles. The molecule has 2 heterocycles. The van der Waals surface area contributed by atoms with Crippen LogP contribution in [-0.4, -0.2) is 29.3 Å². The van der Waals surface area contributed by atoms with Crippen LogP contribution in [0.4, 0.5) is 5.69 Å². The number of nitrogens with zero attached hydrogens (tertiary/aromatic N) is 1. The third-order valence-corrected chi connectivity index (χ3v) is 5.23. The van der Waals surface area contributed by atoms with Gasteiger partial charge >= 0.3 is 0 Å². The van der Waals surface area contributed by atoms with E-state index in [-0.39, 0.29) is 11.8 Å². The summed E-state index contributed by atoms with van der Waals surface area (Å²) in [4.78, 5) is 27.4. The molecular weight excluding hydrogens is 364 g/mol. The van der Waals surface area contributed by atoms with E-state index in [1.807, 2.05) is 35.7 Å². The molecule has 0 saturated carbocycles. The molecule has 2 aromatic rings. The van der Waals surface area contributed by atoms with Gasteiger partial charge in [-0.25, -0.2) is 0 Å². The Hall–Kier alpha value is -1.66. The fraction of sp³-hybridized carbons (Fsp3) is 0.250. The third kappa shape index (κ3) is 3.08. The number of anilines is 1. The Morgan fingerprint density at radius 3 is 2.77 bits per heavy atom. The zero-order valence-electron chi connectivity index (χ0n) is 11.8. The van der Waals surface area contributed by atoms with Crippen molar-refractivity contribution in [2.45, 2.75) is 18.9 Å². The predicted molar refractivity (Wildman–Crippen MR) is 91.1 cm³/mol. The third-order valence-electron chi connectivity index (χ3n) is 3.68. The smallest absolute Gasteiger partial charge is 0.264 e. The second kappa shape index (κ2) is 6.62. The summed E-state index contributed by atoms with van der Waals surface area (Å²) in [5.74, 6) is -0.186. The van der Waals surface area contributed by atoms with Crippen LogP contribution >= 0.6 is 27.3 Å². The van der Waals surface area contributed by atoms with E-state index in [1.165, 1.54) is 11.3 Å². The Morgan fingerprint density at radius 1 is 1.23 bits per heavy atom. The van der Waals surface area contributed by atoms with Gasteiger partial charge in [0.25, 0.3) is 5.91 Å². The average Bonchev–Trinajstić information content (AvgIpc) is 3.20. The number of carbonyl (C=O) groups excluding carboxylic acids is 2. The van der Waals surface area contributed by atoms with E-state index in [9.17, 15) is 9.59 Å². The lowest BCUT2D eigenvalue weighted by Crippen LogP contribution is -2.43. The standard InChI is InChI=1S/C16H15BrN2O2S/c17-11-5-1-2-6-12(11)18-15(20)13-7-3-9-19(13)16(21)14-8-4-10-22-14/h1-2,4-6,8,10,13H,3,7,9H2,(H,18,20). The number of likely N-dealkylation sites (tertiary alicyclic amines) is 1. The van der Waals surface area contributed by atoms with Crippen LogP contribution in [0.1, 0.15) is 22.5 Å². The summed E-state index contributed by atoms with van der Waals surface area (Å²) in [5, 5.41) is 4.78. The number of amides is 2. The number of thiophene rings is 1. The first kappa shape index (κ1) is 15.2. The zero-order chi connectivity index (χ0) is 15.5. The van der Waals surface area contributed by atoms with Gasteiger partial charge in [-0.3, -0.25) is 9.59 Å². The van der Waals surface area contributed by atoms with Gasteiger partial charge in [0.2, 0.25) is 5.91 Å². The van der Waals surface area contributed by atoms with Crippen LogP contribution in [0.15, 0.2) is 46.3 Å². The van der Waals surface area contributed by atoms with Gasteiger partial charge < -0.3 is 10.2 Å². The van der Waals surface area contributed by atoms with E-state index < -0.39 is 6.04 Å². The maximum absolute atomic E-state index is 12.5. The summed E-state index contributed by atoms with van der Waals surface area (Å²) >= 11 is 4.82. The van der Waals surface area contributed by atoms with Gasteiger partial charge in [0.1, 0.15) is 6.04 Å². The highest BCUT2D eigenvalue weighted by atomic mass is 79.9. The Balaban J connectivity index is 1.74. The molecule has 1 aliphatic heterocycles. The molecule has 114 valence electrons. The van der Waals surface area contributed by atoms with E-state index in [0.29, 0.717) is 17.8 Å². The highest BCUT2D eigenvalue weighted by Gasteiger charge is 2.35. The van der Waals surface area contributed by atoms with Crippen LogP contribution in [-0.2, 0) is 4.79 Å². The molecule has 1 aromatic heterocycles. The summed E-state index contributed by atoms with van der Waals surface area (Å²) in [6, 6.07) is 10.7. The van der Waals surface area contributed by atoms with Gasteiger partial charge in [0, 0.05) is 11.0 Å².